The first-order valence-electron chi connectivity index (χ1n) is 8.18. The quantitative estimate of drug-likeness (QED) is 0.791. The third-order valence-electron chi connectivity index (χ3n) is 4.12. The summed E-state index contributed by atoms with van der Waals surface area (Å²) in [6.45, 7) is 2.96. The molecule has 2 unspecified atom stereocenters. The molecular formula is C15H21N6O2S2+. The van der Waals surface area contributed by atoms with Crippen molar-refractivity contribution < 1.29 is 14.3 Å². The zero-order valence-electron chi connectivity index (χ0n) is 14.4. The highest BCUT2D eigenvalue weighted by molar-refractivity contribution is 7.15. The zero-order valence-corrected chi connectivity index (χ0v) is 16.0. The Morgan fingerprint density at radius 1 is 1.04 bits per heavy atom. The predicted molar refractivity (Wildman–Crippen MR) is 95.8 cm³/mol. The second-order valence-electron chi connectivity index (χ2n) is 6.24. The molecule has 0 aliphatic heterocycles. The van der Waals surface area contributed by atoms with Crippen LogP contribution >= 0.6 is 22.7 Å². The van der Waals surface area contributed by atoms with E-state index < -0.39 is 0 Å². The lowest BCUT2D eigenvalue weighted by atomic mass is 9.82. The van der Waals surface area contributed by atoms with Gasteiger partial charge in [-0.3, -0.25) is 4.79 Å². The van der Waals surface area contributed by atoms with E-state index in [1.165, 1.54) is 36.5 Å². The van der Waals surface area contributed by atoms with Gasteiger partial charge in [-0.15, -0.1) is 14.9 Å². The third-order valence-corrected chi connectivity index (χ3v) is 6.31. The first kappa shape index (κ1) is 17.9. The zero-order chi connectivity index (χ0) is 18.0. The van der Waals surface area contributed by atoms with Gasteiger partial charge in [0, 0.05) is 25.7 Å². The van der Waals surface area contributed by atoms with Gasteiger partial charge in [0.2, 0.25) is 11.0 Å². The Morgan fingerprint density at radius 2 is 1.72 bits per heavy atom. The monoisotopic (exact) mass is 381 g/mol. The standard InChI is InChI=1S/C15H20N6O2S2/c1-8(22)16-14-19-18-12(24-14)10-5-4-6-11(7-10)13-20-21(3)15(25-13)17-9(2)23/h10-11H,4-7H2,1-3H3,(H,16,19,22)/p+1. The average Bonchev–Trinajstić information content (AvgIpc) is 3.14. The summed E-state index contributed by atoms with van der Waals surface area (Å²) in [5.41, 5.74) is 0. The van der Waals surface area contributed by atoms with E-state index in [1.807, 2.05) is 7.05 Å². The maximum absolute atomic E-state index is 11.3. The number of carbonyl (C=O) groups is 2. The van der Waals surface area contributed by atoms with Gasteiger partial charge in [0.05, 0.1) is 0 Å². The molecule has 2 N–H and O–H groups in total. The van der Waals surface area contributed by atoms with Gasteiger partial charge < -0.3 is 5.32 Å². The van der Waals surface area contributed by atoms with Gasteiger partial charge in [-0.1, -0.05) is 22.9 Å². The van der Waals surface area contributed by atoms with Crippen molar-refractivity contribution in [1.29, 1.82) is 0 Å². The number of hydrogen-bond donors (Lipinski definition) is 2. The highest BCUT2D eigenvalue weighted by Gasteiger charge is 2.31. The SMILES string of the molecule is CC(=O)Nc1nnc(C2CCCC(c3n[n+](C)c(NC(C)=O)s3)C2)s1. The summed E-state index contributed by atoms with van der Waals surface area (Å²) in [6.07, 6.45) is 4.22. The van der Waals surface area contributed by atoms with Gasteiger partial charge in [0.1, 0.15) is 17.1 Å². The van der Waals surface area contributed by atoms with E-state index >= 15 is 0 Å². The van der Waals surface area contributed by atoms with Crippen LogP contribution in [0.2, 0.25) is 0 Å². The average molecular weight is 382 g/mol. The summed E-state index contributed by atoms with van der Waals surface area (Å²) >= 11 is 2.98. The maximum Gasteiger partial charge on any atom is 0.363 e. The van der Waals surface area contributed by atoms with Crippen LogP contribution in [0.1, 0.15) is 61.4 Å². The van der Waals surface area contributed by atoms with Crippen LogP contribution in [-0.2, 0) is 16.6 Å². The summed E-state index contributed by atoms with van der Waals surface area (Å²) < 4.78 is 1.73. The molecule has 0 saturated heterocycles. The number of anilines is 2. The predicted octanol–water partition coefficient (Wildman–Crippen LogP) is 2.18. The van der Waals surface area contributed by atoms with E-state index in [0.717, 1.165) is 40.8 Å². The minimum atomic E-state index is -0.134. The lowest BCUT2D eigenvalue weighted by Gasteiger charge is -2.25. The number of rotatable bonds is 4. The number of nitrogens with zero attached hydrogens (tertiary/aromatic N) is 4. The molecule has 25 heavy (non-hydrogen) atoms. The van der Waals surface area contributed by atoms with Gasteiger partial charge in [-0.25, -0.2) is 4.79 Å². The minimum Gasteiger partial charge on any atom is -0.301 e. The fourth-order valence-corrected chi connectivity index (χ4v) is 5.09. The Balaban J connectivity index is 1.72. The van der Waals surface area contributed by atoms with Gasteiger partial charge in [0.15, 0.2) is 0 Å². The maximum atomic E-state index is 11.3. The van der Waals surface area contributed by atoms with Crippen molar-refractivity contribution in [2.75, 3.05) is 10.6 Å². The third kappa shape index (κ3) is 4.37. The molecule has 2 aromatic rings. The van der Waals surface area contributed by atoms with Gasteiger partial charge in [-0.2, -0.15) is 5.32 Å². The number of hydrogen-bond acceptors (Lipinski definition) is 7. The molecule has 0 radical (unpaired) electrons. The van der Waals surface area contributed by atoms with Crippen LogP contribution in [0.15, 0.2) is 0 Å². The topological polar surface area (TPSA) is 101 Å². The molecule has 1 saturated carbocycles. The molecule has 1 aliphatic carbocycles. The second-order valence-corrected chi connectivity index (χ2v) is 8.26. The van der Waals surface area contributed by atoms with Crippen LogP contribution in [0.3, 0.4) is 0 Å². The van der Waals surface area contributed by atoms with Crippen LogP contribution < -0.4 is 15.3 Å². The van der Waals surface area contributed by atoms with E-state index in [1.54, 1.807) is 4.68 Å². The summed E-state index contributed by atoms with van der Waals surface area (Å²) in [6, 6.07) is 0. The van der Waals surface area contributed by atoms with Crippen LogP contribution in [0.4, 0.5) is 10.3 Å². The molecule has 0 bridgehead atoms. The van der Waals surface area contributed by atoms with E-state index in [4.69, 9.17) is 0 Å². The molecule has 1 aliphatic rings. The number of aromatic nitrogens is 4. The molecule has 0 spiro atoms. The van der Waals surface area contributed by atoms with Crippen LogP contribution in [0.25, 0.3) is 0 Å². The first-order chi connectivity index (χ1) is 11.9. The Bertz CT molecular complexity index is 787. The first-order valence-corrected chi connectivity index (χ1v) is 9.81. The van der Waals surface area contributed by atoms with E-state index in [2.05, 4.69) is 25.9 Å². The van der Waals surface area contributed by atoms with Crippen molar-refractivity contribution in [3.8, 4) is 0 Å². The summed E-state index contributed by atoms with van der Waals surface area (Å²) in [4.78, 5) is 22.4. The highest BCUT2D eigenvalue weighted by atomic mass is 32.1. The molecule has 2 amide bonds. The second kappa shape index (κ2) is 7.52. The number of nitrogens with one attached hydrogen (secondary N) is 2. The smallest absolute Gasteiger partial charge is 0.301 e. The summed E-state index contributed by atoms with van der Waals surface area (Å²) in [5.74, 6) is 0.458. The molecule has 3 rings (SSSR count). The van der Waals surface area contributed by atoms with Crippen molar-refractivity contribution in [1.82, 2.24) is 15.3 Å². The normalized spacial score (nSPS) is 20.3. The molecule has 2 heterocycles. The molecule has 2 atom stereocenters. The van der Waals surface area contributed by atoms with E-state index in [-0.39, 0.29) is 11.8 Å². The Labute approximate surface area is 153 Å². The molecule has 10 heteroatoms. The van der Waals surface area contributed by atoms with E-state index in [0.29, 0.717) is 17.0 Å². The van der Waals surface area contributed by atoms with Crippen molar-refractivity contribution in [3.63, 3.8) is 0 Å². The van der Waals surface area contributed by atoms with Gasteiger partial charge >= 0.3 is 11.0 Å². The number of carbonyl (C=O) groups excluding carboxylic acids is 2. The van der Waals surface area contributed by atoms with Crippen LogP contribution in [-0.4, -0.2) is 27.1 Å². The Hall–Kier alpha value is -1.94. The lowest BCUT2D eigenvalue weighted by molar-refractivity contribution is -0.712. The fraction of sp³-hybridized carbons (Fsp3) is 0.600. The fourth-order valence-electron chi connectivity index (χ4n) is 3.04. The van der Waals surface area contributed by atoms with Crippen molar-refractivity contribution in [3.05, 3.63) is 10.0 Å². The summed E-state index contributed by atoms with van der Waals surface area (Å²) in [7, 11) is 1.84. The molecule has 2 aromatic heterocycles. The molecule has 8 nitrogen and oxygen atoms in total. The molecule has 1 fully saturated rings. The molecular weight excluding hydrogens is 360 g/mol. The van der Waals surface area contributed by atoms with Crippen LogP contribution in [0.5, 0.6) is 0 Å². The van der Waals surface area contributed by atoms with E-state index in [9.17, 15) is 9.59 Å². The Kier molecular flexibility index (Phi) is 5.38. The molecule has 0 aromatic carbocycles. The highest BCUT2D eigenvalue weighted by Crippen LogP contribution is 2.43. The van der Waals surface area contributed by atoms with Crippen molar-refractivity contribution in [2.45, 2.75) is 51.4 Å². The molecule has 134 valence electrons. The lowest BCUT2D eigenvalue weighted by Crippen LogP contribution is -2.34. The van der Waals surface area contributed by atoms with Gasteiger partial charge in [0.25, 0.3) is 0 Å². The number of aryl methyl sites for hydroxylation is 1. The largest absolute Gasteiger partial charge is 0.363 e. The Morgan fingerprint density at radius 3 is 2.40 bits per heavy atom. The van der Waals surface area contributed by atoms with Crippen LogP contribution in [0, 0.1) is 0 Å². The van der Waals surface area contributed by atoms with Crippen molar-refractivity contribution >= 4 is 44.8 Å². The van der Waals surface area contributed by atoms with Gasteiger partial charge in [-0.05, 0) is 30.6 Å². The number of amides is 2. The minimum absolute atomic E-state index is 0.0910. The van der Waals surface area contributed by atoms with Crippen molar-refractivity contribution in [2.24, 2.45) is 7.05 Å². The summed E-state index contributed by atoms with van der Waals surface area (Å²) in [5, 5.41) is 21.7.